The number of aromatic nitrogens is 1. The number of hydrogen-bond donors (Lipinski definition) is 0. The number of hydrogen-bond acceptors (Lipinski definition) is 5. The van der Waals surface area contributed by atoms with Gasteiger partial charge in [0.25, 0.3) is 0 Å². The molecule has 0 saturated carbocycles. The Labute approximate surface area is 143 Å². The van der Waals surface area contributed by atoms with Crippen molar-refractivity contribution in [2.75, 3.05) is 13.2 Å². The predicted octanol–water partition coefficient (Wildman–Crippen LogP) is 3.67. The number of nitrogens with zero attached hydrogens (tertiary/aromatic N) is 1. The molecule has 0 bridgehead atoms. The Morgan fingerprint density at radius 1 is 1.28 bits per heavy atom. The molecule has 1 aliphatic heterocycles. The highest BCUT2D eigenvalue weighted by Crippen LogP contribution is 2.21. The molecule has 0 radical (unpaired) electrons. The summed E-state index contributed by atoms with van der Waals surface area (Å²) < 4.78 is 43.1. The Kier molecular flexibility index (Phi) is 5.88. The Hall–Kier alpha value is -2.12. The first kappa shape index (κ1) is 17.7. The highest BCUT2D eigenvalue weighted by Gasteiger charge is 2.24. The molecule has 2 aromatic rings. The van der Waals surface area contributed by atoms with E-state index >= 15 is 0 Å². The lowest BCUT2D eigenvalue weighted by Crippen LogP contribution is -2.07. The fourth-order valence-corrected chi connectivity index (χ4v) is 2.71. The summed E-state index contributed by atoms with van der Waals surface area (Å²) in [6.07, 6.45) is 1.76. The zero-order valence-corrected chi connectivity index (χ0v) is 13.7. The molecule has 0 amide bonds. The minimum atomic E-state index is -0.804. The molecule has 3 rings (SSSR count). The van der Waals surface area contributed by atoms with Crippen LogP contribution in [0.5, 0.6) is 0 Å². The molecule has 1 aromatic carbocycles. The molecule has 1 atom stereocenters. The van der Waals surface area contributed by atoms with E-state index in [2.05, 4.69) is 5.16 Å². The van der Waals surface area contributed by atoms with E-state index in [-0.39, 0.29) is 31.1 Å². The van der Waals surface area contributed by atoms with Gasteiger partial charge in [-0.2, -0.15) is 0 Å². The molecule has 134 valence electrons. The molecule has 2 heterocycles. The quantitative estimate of drug-likeness (QED) is 0.679. The van der Waals surface area contributed by atoms with Crippen molar-refractivity contribution in [1.82, 2.24) is 5.16 Å². The molecular weight excluding hydrogens is 332 g/mol. The third-order valence-corrected chi connectivity index (χ3v) is 4.22. The van der Waals surface area contributed by atoms with Gasteiger partial charge in [0.15, 0.2) is 23.1 Å². The summed E-state index contributed by atoms with van der Waals surface area (Å²) in [7, 11) is 0. The molecule has 0 aliphatic carbocycles. The van der Waals surface area contributed by atoms with E-state index in [1.165, 1.54) is 6.07 Å². The summed E-state index contributed by atoms with van der Waals surface area (Å²) in [5.41, 5.74) is 0.0564. The number of benzene rings is 1. The maximum absolute atomic E-state index is 14.2. The normalized spacial score (nSPS) is 17.1. The second kappa shape index (κ2) is 8.31. The molecule has 1 fully saturated rings. The summed E-state index contributed by atoms with van der Waals surface area (Å²) in [6.45, 7) is 1.10. The minimum absolute atomic E-state index is 0.0300. The van der Waals surface area contributed by atoms with Crippen LogP contribution in [0.15, 0.2) is 28.8 Å². The van der Waals surface area contributed by atoms with Gasteiger partial charge in [-0.15, -0.1) is 0 Å². The molecule has 1 saturated heterocycles. The fraction of sp³-hybridized carbons (Fsp3) is 0.444. The van der Waals surface area contributed by atoms with Crippen LogP contribution in [0.2, 0.25) is 0 Å². The molecule has 0 N–H and O–H groups in total. The van der Waals surface area contributed by atoms with E-state index in [4.69, 9.17) is 14.0 Å². The van der Waals surface area contributed by atoms with Crippen LogP contribution in [-0.2, 0) is 22.7 Å². The monoisotopic (exact) mass is 351 g/mol. The maximum Gasteiger partial charge on any atom is 0.199 e. The van der Waals surface area contributed by atoms with Gasteiger partial charge in [-0.3, -0.25) is 4.79 Å². The van der Waals surface area contributed by atoms with Crippen molar-refractivity contribution in [1.29, 1.82) is 0 Å². The number of Topliss-reactive ketones (excluding diaryl/α,β-unsaturated/α-hetero) is 1. The van der Waals surface area contributed by atoms with Gasteiger partial charge in [0.1, 0.15) is 12.4 Å². The number of halogens is 2. The summed E-state index contributed by atoms with van der Waals surface area (Å²) in [4.78, 5) is 12.1. The van der Waals surface area contributed by atoms with Crippen molar-refractivity contribution in [3.63, 3.8) is 0 Å². The van der Waals surface area contributed by atoms with Crippen molar-refractivity contribution in [2.45, 2.75) is 32.5 Å². The minimum Gasteiger partial charge on any atom is -0.381 e. The van der Waals surface area contributed by atoms with Crippen molar-refractivity contribution in [3.05, 3.63) is 52.9 Å². The largest absolute Gasteiger partial charge is 0.381 e. The van der Waals surface area contributed by atoms with Crippen LogP contribution < -0.4 is 0 Å². The smallest absolute Gasteiger partial charge is 0.199 e. The number of carbonyl (C=O) groups is 1. The molecule has 1 aliphatic rings. The maximum atomic E-state index is 14.2. The van der Waals surface area contributed by atoms with Crippen molar-refractivity contribution in [2.24, 2.45) is 5.92 Å². The average molecular weight is 351 g/mol. The van der Waals surface area contributed by atoms with Gasteiger partial charge in [-0.1, -0.05) is 23.4 Å². The third-order valence-electron chi connectivity index (χ3n) is 4.22. The lowest BCUT2D eigenvalue weighted by molar-refractivity contribution is 0.0834. The van der Waals surface area contributed by atoms with Crippen LogP contribution >= 0.6 is 0 Å². The third kappa shape index (κ3) is 4.49. The molecule has 1 unspecified atom stereocenters. The van der Waals surface area contributed by atoms with Gasteiger partial charge in [-0.25, -0.2) is 8.78 Å². The van der Waals surface area contributed by atoms with E-state index < -0.39 is 17.4 Å². The van der Waals surface area contributed by atoms with Crippen LogP contribution in [0.4, 0.5) is 8.78 Å². The molecule has 1 aromatic heterocycles. The molecule has 7 heteroatoms. The van der Waals surface area contributed by atoms with E-state index in [1.54, 1.807) is 18.2 Å². The van der Waals surface area contributed by atoms with Crippen LogP contribution in [0, 0.1) is 17.6 Å². The molecule has 25 heavy (non-hydrogen) atoms. The van der Waals surface area contributed by atoms with Gasteiger partial charge < -0.3 is 14.0 Å². The molecular formula is C18H19F2NO4. The van der Waals surface area contributed by atoms with Crippen LogP contribution in [0.1, 0.15) is 41.1 Å². The van der Waals surface area contributed by atoms with Crippen molar-refractivity contribution >= 4 is 5.78 Å². The number of ether oxygens (including phenoxy) is 2. The van der Waals surface area contributed by atoms with Crippen LogP contribution in [0.25, 0.3) is 0 Å². The van der Waals surface area contributed by atoms with Gasteiger partial charge in [-0.05, 0) is 24.8 Å². The number of rotatable bonds is 8. The summed E-state index contributed by atoms with van der Waals surface area (Å²) >= 11 is 0. The van der Waals surface area contributed by atoms with E-state index in [0.29, 0.717) is 31.1 Å². The van der Waals surface area contributed by atoms with E-state index in [9.17, 15) is 13.6 Å². The Balaban J connectivity index is 1.51. The summed E-state index contributed by atoms with van der Waals surface area (Å²) in [5.74, 6) is -1.42. The summed E-state index contributed by atoms with van der Waals surface area (Å²) in [5, 5.41) is 3.52. The molecule has 5 nitrogen and oxygen atoms in total. The van der Waals surface area contributed by atoms with Crippen LogP contribution in [0.3, 0.4) is 0 Å². The first-order valence-corrected chi connectivity index (χ1v) is 8.21. The second-order valence-electron chi connectivity index (χ2n) is 6.04. The Morgan fingerprint density at radius 3 is 2.88 bits per heavy atom. The standard InChI is InChI=1S/C18H19F2NO4/c19-14-4-2-1-3-13(14)10-24-11-16-17(20)18(21-25-16)15(22)6-5-12-7-8-23-9-12/h1-4,12H,5-11H2. The van der Waals surface area contributed by atoms with Gasteiger partial charge in [0, 0.05) is 25.2 Å². The lowest BCUT2D eigenvalue weighted by atomic mass is 10.00. The first-order valence-electron chi connectivity index (χ1n) is 8.21. The zero-order valence-electron chi connectivity index (χ0n) is 13.7. The zero-order chi connectivity index (χ0) is 17.6. The highest BCUT2D eigenvalue weighted by molar-refractivity contribution is 5.94. The fourth-order valence-electron chi connectivity index (χ4n) is 2.71. The first-order chi connectivity index (χ1) is 12.1. The van der Waals surface area contributed by atoms with Gasteiger partial charge in [0.2, 0.25) is 0 Å². The SMILES string of the molecule is O=C(CCC1CCOC1)c1noc(COCc2ccccc2F)c1F. The molecule has 0 spiro atoms. The van der Waals surface area contributed by atoms with Crippen LogP contribution in [-0.4, -0.2) is 24.2 Å². The number of ketones is 1. The van der Waals surface area contributed by atoms with Gasteiger partial charge in [0.05, 0.1) is 6.61 Å². The second-order valence-corrected chi connectivity index (χ2v) is 6.04. The predicted molar refractivity (Wildman–Crippen MR) is 83.8 cm³/mol. The van der Waals surface area contributed by atoms with Crippen molar-refractivity contribution in [3.8, 4) is 0 Å². The Bertz CT molecular complexity index is 726. The summed E-state index contributed by atoms with van der Waals surface area (Å²) in [6, 6.07) is 6.15. The van der Waals surface area contributed by atoms with Gasteiger partial charge >= 0.3 is 0 Å². The van der Waals surface area contributed by atoms with Crippen molar-refractivity contribution < 1.29 is 27.6 Å². The number of carbonyl (C=O) groups excluding carboxylic acids is 1. The average Bonchev–Trinajstić information content (AvgIpc) is 3.25. The van der Waals surface area contributed by atoms with E-state index in [1.807, 2.05) is 0 Å². The Morgan fingerprint density at radius 2 is 2.12 bits per heavy atom. The topological polar surface area (TPSA) is 61.6 Å². The highest BCUT2D eigenvalue weighted by atomic mass is 19.1. The lowest BCUT2D eigenvalue weighted by Gasteiger charge is -2.04. The van der Waals surface area contributed by atoms with E-state index in [0.717, 1.165) is 6.42 Å².